The lowest BCUT2D eigenvalue weighted by Crippen LogP contribution is -2.38. The van der Waals surface area contributed by atoms with Gasteiger partial charge in [-0.1, -0.05) is 141 Å². The van der Waals surface area contributed by atoms with Gasteiger partial charge in [-0.2, -0.15) is 0 Å². The molecule has 2 aromatic carbocycles. The summed E-state index contributed by atoms with van der Waals surface area (Å²) >= 11 is 0. The Labute approximate surface area is 227 Å². The van der Waals surface area contributed by atoms with Crippen molar-refractivity contribution < 1.29 is 4.79 Å². The van der Waals surface area contributed by atoms with Crippen molar-refractivity contribution in [3.63, 3.8) is 0 Å². The highest BCUT2D eigenvalue weighted by atomic mass is 16.2. The predicted octanol–water partition coefficient (Wildman–Crippen LogP) is 9.31. The van der Waals surface area contributed by atoms with E-state index in [0.717, 1.165) is 12.2 Å². The quantitative estimate of drug-likeness (QED) is 0.176. The van der Waals surface area contributed by atoms with Crippen molar-refractivity contribution in [3.8, 4) is 0 Å². The fourth-order valence-corrected chi connectivity index (χ4v) is 4.93. The number of carbonyl (C=O) groups is 1. The van der Waals surface area contributed by atoms with Crippen molar-refractivity contribution in [1.29, 1.82) is 0 Å². The fraction of sp³-hybridized carbons (Fsp3) is 0.606. The highest BCUT2D eigenvalue weighted by Crippen LogP contribution is 2.32. The summed E-state index contributed by atoms with van der Waals surface area (Å²) in [6.45, 7) is 12.5. The van der Waals surface area contributed by atoms with Crippen molar-refractivity contribution in [3.05, 3.63) is 65.2 Å². The maximum atomic E-state index is 13.0. The molecule has 0 aliphatic rings. The maximum Gasteiger partial charge on any atom is 0.319 e. The van der Waals surface area contributed by atoms with Crippen molar-refractivity contribution in [1.82, 2.24) is 10.6 Å². The number of urea groups is 1. The van der Waals surface area contributed by atoms with Gasteiger partial charge < -0.3 is 16.0 Å². The summed E-state index contributed by atoms with van der Waals surface area (Å²) in [6.07, 6.45) is 13.4. The number of carbonyl (C=O) groups excluding carboxylic acids is 1. The molecule has 0 saturated carbocycles. The van der Waals surface area contributed by atoms with E-state index >= 15 is 0 Å². The lowest BCUT2D eigenvalue weighted by atomic mass is 9.93. The summed E-state index contributed by atoms with van der Waals surface area (Å²) in [5.74, 6) is 0.683. The van der Waals surface area contributed by atoms with Gasteiger partial charge in [-0.3, -0.25) is 0 Å². The van der Waals surface area contributed by atoms with Crippen LogP contribution >= 0.6 is 0 Å². The third-order valence-electron chi connectivity index (χ3n) is 7.20. The SMILES string of the molecule is CCCCCCCCCCCCNC(CNC(=O)Nc1c(C(C)C)cccc1C(C)C)c1ccccc1. The van der Waals surface area contributed by atoms with Crippen LogP contribution in [0, 0.1) is 0 Å². The molecular formula is C33H53N3O. The van der Waals surface area contributed by atoms with E-state index in [1.807, 2.05) is 6.07 Å². The normalized spacial score (nSPS) is 12.2. The minimum absolute atomic E-state index is 0.0930. The Balaban J connectivity index is 1.83. The molecule has 0 aromatic heterocycles. The molecule has 0 aliphatic heterocycles. The van der Waals surface area contributed by atoms with E-state index in [9.17, 15) is 4.79 Å². The van der Waals surface area contributed by atoms with E-state index in [1.165, 1.54) is 80.9 Å². The zero-order valence-corrected chi connectivity index (χ0v) is 24.2. The summed E-state index contributed by atoms with van der Waals surface area (Å²) in [4.78, 5) is 13.0. The van der Waals surface area contributed by atoms with E-state index in [2.05, 4.69) is 93.0 Å². The van der Waals surface area contributed by atoms with Gasteiger partial charge >= 0.3 is 6.03 Å². The van der Waals surface area contributed by atoms with E-state index in [4.69, 9.17) is 0 Å². The minimum atomic E-state index is -0.142. The zero-order valence-electron chi connectivity index (χ0n) is 24.2. The third-order valence-corrected chi connectivity index (χ3v) is 7.20. The predicted molar refractivity (Wildman–Crippen MR) is 161 cm³/mol. The lowest BCUT2D eigenvalue weighted by molar-refractivity contribution is 0.250. The molecule has 37 heavy (non-hydrogen) atoms. The zero-order chi connectivity index (χ0) is 26.9. The Morgan fingerprint density at radius 3 is 1.78 bits per heavy atom. The van der Waals surface area contributed by atoms with E-state index < -0.39 is 0 Å². The minimum Gasteiger partial charge on any atom is -0.336 e. The highest BCUT2D eigenvalue weighted by molar-refractivity contribution is 5.91. The molecule has 0 radical (unpaired) electrons. The fourth-order valence-electron chi connectivity index (χ4n) is 4.93. The number of nitrogens with one attached hydrogen (secondary N) is 3. The maximum absolute atomic E-state index is 13.0. The average Bonchev–Trinajstić information content (AvgIpc) is 2.89. The van der Waals surface area contributed by atoms with Gasteiger partial charge in [-0.25, -0.2) is 4.79 Å². The molecule has 0 heterocycles. The van der Waals surface area contributed by atoms with Crippen LogP contribution in [0.3, 0.4) is 0 Å². The largest absolute Gasteiger partial charge is 0.336 e. The first-order chi connectivity index (χ1) is 17.9. The Morgan fingerprint density at radius 2 is 1.24 bits per heavy atom. The number of benzene rings is 2. The molecule has 1 atom stereocenters. The third kappa shape index (κ3) is 11.7. The summed E-state index contributed by atoms with van der Waals surface area (Å²) in [6, 6.07) is 16.7. The van der Waals surface area contributed by atoms with Gasteiger partial charge in [-0.05, 0) is 41.5 Å². The number of hydrogen-bond donors (Lipinski definition) is 3. The molecule has 2 aromatic rings. The van der Waals surface area contributed by atoms with E-state index in [-0.39, 0.29) is 12.1 Å². The van der Waals surface area contributed by atoms with Crippen LogP contribution in [0.15, 0.2) is 48.5 Å². The second kappa shape index (κ2) is 18.0. The first-order valence-corrected chi connectivity index (χ1v) is 14.9. The molecule has 2 rings (SSSR count). The Kier molecular flexibility index (Phi) is 15.0. The Morgan fingerprint density at radius 1 is 0.703 bits per heavy atom. The summed E-state index contributed by atoms with van der Waals surface area (Å²) < 4.78 is 0. The molecule has 0 aliphatic carbocycles. The van der Waals surface area contributed by atoms with E-state index in [0.29, 0.717) is 18.4 Å². The summed E-state index contributed by atoms with van der Waals surface area (Å²) in [7, 11) is 0. The van der Waals surface area contributed by atoms with Crippen LogP contribution in [-0.2, 0) is 0 Å². The van der Waals surface area contributed by atoms with Crippen LogP contribution in [0.25, 0.3) is 0 Å². The second-order valence-electron chi connectivity index (χ2n) is 11.1. The second-order valence-corrected chi connectivity index (χ2v) is 11.1. The van der Waals surface area contributed by atoms with Crippen LogP contribution in [0.4, 0.5) is 10.5 Å². The number of para-hydroxylation sites is 1. The summed E-state index contributed by atoms with van der Waals surface area (Å²) in [5.41, 5.74) is 4.53. The Hall–Kier alpha value is -2.33. The molecule has 0 spiro atoms. The van der Waals surface area contributed by atoms with Crippen molar-refractivity contribution in [2.75, 3.05) is 18.4 Å². The van der Waals surface area contributed by atoms with Crippen LogP contribution in [0.2, 0.25) is 0 Å². The number of amides is 2. The van der Waals surface area contributed by atoms with Crippen LogP contribution < -0.4 is 16.0 Å². The molecule has 2 amide bonds. The number of rotatable bonds is 18. The van der Waals surface area contributed by atoms with Crippen LogP contribution in [0.1, 0.15) is 133 Å². The number of anilines is 1. The number of hydrogen-bond acceptors (Lipinski definition) is 2. The van der Waals surface area contributed by atoms with Crippen molar-refractivity contribution >= 4 is 11.7 Å². The topological polar surface area (TPSA) is 53.2 Å². The van der Waals surface area contributed by atoms with Gasteiger partial charge in [0.05, 0.1) is 0 Å². The smallest absolute Gasteiger partial charge is 0.319 e. The molecule has 206 valence electrons. The van der Waals surface area contributed by atoms with Gasteiger partial charge in [0.25, 0.3) is 0 Å². The average molecular weight is 508 g/mol. The first kappa shape index (κ1) is 30.9. The molecule has 0 bridgehead atoms. The highest BCUT2D eigenvalue weighted by Gasteiger charge is 2.17. The molecular weight excluding hydrogens is 454 g/mol. The molecule has 0 saturated heterocycles. The number of unbranched alkanes of at least 4 members (excludes halogenated alkanes) is 9. The van der Waals surface area contributed by atoms with Gasteiger partial charge in [0, 0.05) is 18.3 Å². The Bertz CT molecular complexity index is 852. The molecule has 0 fully saturated rings. The van der Waals surface area contributed by atoms with Gasteiger partial charge in [-0.15, -0.1) is 0 Å². The first-order valence-electron chi connectivity index (χ1n) is 14.9. The van der Waals surface area contributed by atoms with E-state index in [1.54, 1.807) is 0 Å². The van der Waals surface area contributed by atoms with Gasteiger partial charge in [0.15, 0.2) is 0 Å². The lowest BCUT2D eigenvalue weighted by Gasteiger charge is -2.22. The standard InChI is InChI=1S/C33H53N3O/c1-6-7-8-9-10-11-12-13-14-18-24-34-31(28-20-16-15-17-21-28)25-35-33(37)36-32-29(26(2)3)22-19-23-30(32)27(4)5/h15-17,19-23,26-27,31,34H,6-14,18,24-25H2,1-5H3,(H2,35,36,37). The molecule has 4 heteroatoms. The van der Waals surface area contributed by atoms with Crippen LogP contribution in [-0.4, -0.2) is 19.1 Å². The van der Waals surface area contributed by atoms with Gasteiger partial charge in [0.2, 0.25) is 0 Å². The van der Waals surface area contributed by atoms with Crippen molar-refractivity contribution in [2.24, 2.45) is 0 Å². The summed E-state index contributed by atoms with van der Waals surface area (Å²) in [5, 5.41) is 10.0. The molecule has 1 unspecified atom stereocenters. The van der Waals surface area contributed by atoms with Crippen LogP contribution in [0.5, 0.6) is 0 Å². The molecule has 3 N–H and O–H groups in total. The van der Waals surface area contributed by atoms with Crippen molar-refractivity contribution in [2.45, 2.75) is 117 Å². The van der Waals surface area contributed by atoms with Gasteiger partial charge in [0.1, 0.15) is 0 Å². The molecule has 4 nitrogen and oxygen atoms in total. The monoisotopic (exact) mass is 507 g/mol.